The van der Waals surface area contributed by atoms with Crippen molar-refractivity contribution in [3.05, 3.63) is 65.0 Å². The highest BCUT2D eigenvalue weighted by Gasteiger charge is 2.30. The van der Waals surface area contributed by atoms with E-state index in [4.69, 9.17) is 4.74 Å². The maximum atomic E-state index is 12.5. The zero-order valence-electron chi connectivity index (χ0n) is 11.8. The molecule has 1 aromatic heterocycles. The summed E-state index contributed by atoms with van der Waals surface area (Å²) in [6.45, 7) is 2.38. The lowest BCUT2D eigenvalue weighted by Gasteiger charge is -2.14. The van der Waals surface area contributed by atoms with Crippen molar-refractivity contribution in [3.63, 3.8) is 0 Å². The van der Waals surface area contributed by atoms with Gasteiger partial charge >= 0.3 is 6.18 Å². The second-order valence-electron chi connectivity index (χ2n) is 4.86. The van der Waals surface area contributed by atoms with E-state index in [1.54, 1.807) is 13.3 Å². The molecule has 5 heteroatoms. The quantitative estimate of drug-likeness (QED) is 0.834. The van der Waals surface area contributed by atoms with Gasteiger partial charge in [0.2, 0.25) is 0 Å². The molecule has 0 aliphatic heterocycles. The normalized spacial score (nSPS) is 13.2. The van der Waals surface area contributed by atoms with Gasteiger partial charge in [0.15, 0.2) is 0 Å². The Bertz CT molecular complexity index is 576. The van der Waals surface area contributed by atoms with E-state index >= 15 is 0 Å². The average Bonchev–Trinajstić information content (AvgIpc) is 2.47. The van der Waals surface area contributed by atoms with Crippen molar-refractivity contribution in [1.29, 1.82) is 0 Å². The van der Waals surface area contributed by atoms with Gasteiger partial charge in [-0.25, -0.2) is 0 Å². The van der Waals surface area contributed by atoms with E-state index < -0.39 is 11.7 Å². The molecular weight excluding hydrogens is 279 g/mol. The second kappa shape index (κ2) is 6.26. The van der Waals surface area contributed by atoms with Crippen molar-refractivity contribution in [3.8, 4) is 0 Å². The lowest BCUT2D eigenvalue weighted by Crippen LogP contribution is -2.05. The third-order valence-corrected chi connectivity index (χ3v) is 3.38. The van der Waals surface area contributed by atoms with Crippen LogP contribution >= 0.6 is 0 Å². The molecule has 0 N–H and O–H groups in total. The number of aromatic nitrogens is 1. The predicted molar refractivity (Wildman–Crippen MR) is 73.9 cm³/mol. The van der Waals surface area contributed by atoms with Crippen molar-refractivity contribution >= 4 is 0 Å². The third kappa shape index (κ3) is 3.82. The molecule has 2 rings (SSSR count). The van der Waals surface area contributed by atoms with E-state index in [9.17, 15) is 13.2 Å². The maximum absolute atomic E-state index is 12.5. The highest BCUT2D eigenvalue weighted by Crippen LogP contribution is 2.31. The van der Waals surface area contributed by atoms with Crippen molar-refractivity contribution in [2.45, 2.75) is 25.6 Å². The molecule has 0 spiro atoms. The Balaban J connectivity index is 2.17. The minimum atomic E-state index is -4.30. The summed E-state index contributed by atoms with van der Waals surface area (Å²) in [7, 11) is 1.60. The van der Waals surface area contributed by atoms with Crippen LogP contribution in [0.15, 0.2) is 42.6 Å². The zero-order valence-corrected chi connectivity index (χ0v) is 11.8. The van der Waals surface area contributed by atoms with Crippen LogP contribution in [0.4, 0.5) is 13.2 Å². The number of alkyl halides is 3. The minimum Gasteiger partial charge on any atom is -0.378 e. The summed E-state index contributed by atoms with van der Waals surface area (Å²) < 4.78 is 42.6. The summed E-state index contributed by atoms with van der Waals surface area (Å²) in [5.74, 6) is -0.0172. The Labute approximate surface area is 121 Å². The first-order valence-electron chi connectivity index (χ1n) is 6.52. The SMILES string of the molecule is COCc1ccc(C(C)c2ccc(C(F)(F)F)cc2)cn1. The number of ether oxygens (including phenoxy) is 1. The Morgan fingerprint density at radius 3 is 2.14 bits per heavy atom. The Hall–Kier alpha value is -1.88. The molecule has 21 heavy (non-hydrogen) atoms. The molecule has 2 aromatic rings. The van der Waals surface area contributed by atoms with Crippen LogP contribution in [-0.2, 0) is 17.5 Å². The topological polar surface area (TPSA) is 22.1 Å². The van der Waals surface area contributed by atoms with Gasteiger partial charge in [0.1, 0.15) is 0 Å². The molecule has 2 nitrogen and oxygen atoms in total. The molecule has 1 atom stereocenters. The number of nitrogens with zero attached hydrogens (tertiary/aromatic N) is 1. The molecular formula is C16H16F3NO. The number of pyridine rings is 1. The van der Waals surface area contributed by atoms with Gasteiger partial charge < -0.3 is 4.74 Å². The van der Waals surface area contributed by atoms with Gasteiger partial charge in [-0.1, -0.05) is 25.1 Å². The summed E-state index contributed by atoms with van der Waals surface area (Å²) in [5, 5.41) is 0. The molecule has 0 aliphatic rings. The van der Waals surface area contributed by atoms with Crippen LogP contribution in [0.5, 0.6) is 0 Å². The first kappa shape index (κ1) is 15.5. The van der Waals surface area contributed by atoms with Crippen molar-refractivity contribution in [1.82, 2.24) is 4.98 Å². The highest BCUT2D eigenvalue weighted by atomic mass is 19.4. The monoisotopic (exact) mass is 295 g/mol. The fraction of sp³-hybridized carbons (Fsp3) is 0.312. The summed E-state index contributed by atoms with van der Waals surface area (Å²) in [6.07, 6.45) is -2.57. The summed E-state index contributed by atoms with van der Waals surface area (Å²) in [4.78, 5) is 4.27. The summed E-state index contributed by atoms with van der Waals surface area (Å²) in [5.41, 5.74) is 1.96. The molecule has 112 valence electrons. The molecule has 1 aromatic carbocycles. The Morgan fingerprint density at radius 2 is 1.67 bits per heavy atom. The van der Waals surface area contributed by atoms with E-state index in [0.717, 1.165) is 29.0 Å². The standard InChI is InChI=1S/C16H16F3NO/c1-11(13-5-8-15(10-21-2)20-9-13)12-3-6-14(7-4-12)16(17,18)19/h3-9,11H,10H2,1-2H3. The van der Waals surface area contributed by atoms with Gasteiger partial charge in [-0.05, 0) is 29.3 Å². The molecule has 0 saturated carbocycles. The number of methoxy groups -OCH3 is 1. The number of hydrogen-bond donors (Lipinski definition) is 0. The van der Waals surface area contributed by atoms with Gasteiger partial charge in [0.05, 0.1) is 17.9 Å². The Kier molecular flexibility index (Phi) is 4.63. The van der Waals surface area contributed by atoms with Crippen molar-refractivity contribution in [2.75, 3.05) is 7.11 Å². The van der Waals surface area contributed by atoms with Crippen LogP contribution in [0.25, 0.3) is 0 Å². The van der Waals surface area contributed by atoms with Crippen LogP contribution in [-0.4, -0.2) is 12.1 Å². The van der Waals surface area contributed by atoms with E-state index in [-0.39, 0.29) is 5.92 Å². The van der Waals surface area contributed by atoms with Gasteiger partial charge in [-0.3, -0.25) is 4.98 Å². The lowest BCUT2D eigenvalue weighted by molar-refractivity contribution is -0.137. The molecule has 0 saturated heterocycles. The molecule has 0 fully saturated rings. The Morgan fingerprint density at radius 1 is 1.05 bits per heavy atom. The molecule has 0 amide bonds. The number of rotatable bonds is 4. The van der Waals surface area contributed by atoms with Crippen LogP contribution in [0, 0.1) is 0 Å². The summed E-state index contributed by atoms with van der Waals surface area (Å²) >= 11 is 0. The van der Waals surface area contributed by atoms with E-state index in [1.165, 1.54) is 12.1 Å². The maximum Gasteiger partial charge on any atom is 0.416 e. The van der Waals surface area contributed by atoms with E-state index in [0.29, 0.717) is 6.61 Å². The van der Waals surface area contributed by atoms with Gasteiger partial charge in [-0.2, -0.15) is 13.2 Å². The average molecular weight is 295 g/mol. The molecule has 0 aliphatic carbocycles. The minimum absolute atomic E-state index is 0.0172. The predicted octanol–water partition coefficient (Wildman–Crippen LogP) is 4.40. The number of halogens is 3. The van der Waals surface area contributed by atoms with Crippen LogP contribution in [0.2, 0.25) is 0 Å². The van der Waals surface area contributed by atoms with E-state index in [1.807, 2.05) is 19.1 Å². The smallest absolute Gasteiger partial charge is 0.378 e. The molecule has 0 radical (unpaired) electrons. The first-order valence-corrected chi connectivity index (χ1v) is 6.52. The second-order valence-corrected chi connectivity index (χ2v) is 4.86. The van der Waals surface area contributed by atoms with Crippen molar-refractivity contribution < 1.29 is 17.9 Å². The fourth-order valence-corrected chi connectivity index (χ4v) is 2.08. The highest BCUT2D eigenvalue weighted by molar-refractivity contribution is 5.33. The largest absolute Gasteiger partial charge is 0.416 e. The van der Waals surface area contributed by atoms with Gasteiger partial charge in [0, 0.05) is 19.2 Å². The van der Waals surface area contributed by atoms with Gasteiger partial charge in [0.25, 0.3) is 0 Å². The number of benzene rings is 1. The van der Waals surface area contributed by atoms with Crippen molar-refractivity contribution in [2.24, 2.45) is 0 Å². The lowest BCUT2D eigenvalue weighted by atomic mass is 9.93. The van der Waals surface area contributed by atoms with Gasteiger partial charge in [-0.15, -0.1) is 0 Å². The number of hydrogen-bond acceptors (Lipinski definition) is 2. The van der Waals surface area contributed by atoms with E-state index in [2.05, 4.69) is 4.98 Å². The summed E-state index contributed by atoms with van der Waals surface area (Å²) in [6, 6.07) is 9.02. The molecule has 0 bridgehead atoms. The molecule has 1 unspecified atom stereocenters. The zero-order chi connectivity index (χ0) is 15.5. The van der Waals surface area contributed by atoms with Crippen LogP contribution in [0.1, 0.15) is 35.2 Å². The third-order valence-electron chi connectivity index (χ3n) is 3.38. The van der Waals surface area contributed by atoms with Crippen LogP contribution < -0.4 is 0 Å². The fourth-order valence-electron chi connectivity index (χ4n) is 2.08. The van der Waals surface area contributed by atoms with Crippen LogP contribution in [0.3, 0.4) is 0 Å². The first-order chi connectivity index (χ1) is 9.91. The molecule has 1 heterocycles.